The lowest BCUT2D eigenvalue weighted by molar-refractivity contribution is -0.115. The van der Waals surface area contributed by atoms with Crippen LogP contribution in [0.15, 0.2) is 0 Å². The van der Waals surface area contributed by atoms with Crippen LogP contribution in [0.4, 0.5) is 5.13 Å². The Kier molecular flexibility index (Phi) is 6.45. The summed E-state index contributed by atoms with van der Waals surface area (Å²) in [5, 5.41) is 6.94. The summed E-state index contributed by atoms with van der Waals surface area (Å²) in [7, 11) is 0. The van der Waals surface area contributed by atoms with Gasteiger partial charge in [-0.15, -0.1) is 23.7 Å². The zero-order chi connectivity index (χ0) is 13.8. The lowest BCUT2D eigenvalue weighted by Gasteiger charge is -2.06. The second kappa shape index (κ2) is 8.11. The van der Waals surface area contributed by atoms with E-state index in [2.05, 4.69) is 15.6 Å². The van der Waals surface area contributed by atoms with Crippen LogP contribution in [0.5, 0.6) is 0 Å². The Morgan fingerprint density at radius 1 is 1.19 bits per heavy atom. The lowest BCUT2D eigenvalue weighted by Crippen LogP contribution is -2.29. The first-order valence-corrected chi connectivity index (χ1v) is 8.62. The Morgan fingerprint density at radius 3 is 2.71 bits per heavy atom. The summed E-state index contributed by atoms with van der Waals surface area (Å²) >= 11 is 1.67. The van der Waals surface area contributed by atoms with Gasteiger partial charge in [0.25, 0.3) is 0 Å². The predicted octanol–water partition coefficient (Wildman–Crippen LogP) is 3.16. The second-order valence-electron chi connectivity index (χ2n) is 5.93. The number of carbonyl (C=O) groups excluding carboxylic acids is 1. The highest BCUT2D eigenvalue weighted by Crippen LogP contribution is 2.29. The molecule has 1 heterocycles. The average molecular weight is 330 g/mol. The fourth-order valence-electron chi connectivity index (χ4n) is 2.63. The normalized spacial score (nSPS) is 18.1. The van der Waals surface area contributed by atoms with E-state index in [0.717, 1.165) is 30.4 Å². The third kappa shape index (κ3) is 5.24. The number of anilines is 1. The number of aromatic nitrogens is 1. The molecule has 4 nitrogen and oxygen atoms in total. The van der Waals surface area contributed by atoms with Crippen molar-refractivity contribution in [2.45, 2.75) is 51.4 Å². The molecule has 2 aliphatic rings. The number of thiazole rings is 1. The van der Waals surface area contributed by atoms with E-state index in [1.165, 1.54) is 49.1 Å². The Balaban J connectivity index is 0.00000161. The molecule has 2 N–H and O–H groups in total. The van der Waals surface area contributed by atoms with Gasteiger partial charge in [-0.3, -0.25) is 4.79 Å². The molecular weight excluding hydrogens is 306 g/mol. The summed E-state index contributed by atoms with van der Waals surface area (Å²) in [6.07, 6.45) is 9.94. The number of carbonyl (C=O) groups is 1. The van der Waals surface area contributed by atoms with Gasteiger partial charge in [-0.2, -0.15) is 0 Å². The summed E-state index contributed by atoms with van der Waals surface area (Å²) in [6, 6.07) is 0. The molecule has 21 heavy (non-hydrogen) atoms. The van der Waals surface area contributed by atoms with Crippen LogP contribution in [0.2, 0.25) is 0 Å². The lowest BCUT2D eigenvalue weighted by atomic mass is 10.0. The Bertz CT molecular complexity index is 448. The molecule has 0 bridgehead atoms. The van der Waals surface area contributed by atoms with Gasteiger partial charge in [-0.25, -0.2) is 4.98 Å². The molecule has 0 saturated heterocycles. The van der Waals surface area contributed by atoms with E-state index in [9.17, 15) is 4.79 Å². The summed E-state index contributed by atoms with van der Waals surface area (Å²) in [4.78, 5) is 17.8. The number of halogens is 1. The van der Waals surface area contributed by atoms with Crippen molar-refractivity contribution in [2.24, 2.45) is 5.92 Å². The Hall–Kier alpha value is -0.650. The van der Waals surface area contributed by atoms with Gasteiger partial charge in [0.15, 0.2) is 5.13 Å². The number of hydrogen-bond donors (Lipinski definition) is 2. The maximum atomic E-state index is 11.9. The third-order valence-electron chi connectivity index (χ3n) is 4.01. The van der Waals surface area contributed by atoms with Crippen molar-refractivity contribution in [3.63, 3.8) is 0 Å². The monoisotopic (exact) mass is 329 g/mol. The summed E-state index contributed by atoms with van der Waals surface area (Å²) in [6.45, 7) is 1.38. The summed E-state index contributed by atoms with van der Waals surface area (Å²) in [5.74, 6) is 0.842. The van der Waals surface area contributed by atoms with Crippen LogP contribution in [-0.2, 0) is 17.6 Å². The molecule has 1 aromatic heterocycles. The van der Waals surface area contributed by atoms with Gasteiger partial charge >= 0.3 is 0 Å². The van der Waals surface area contributed by atoms with Crippen molar-refractivity contribution in [2.75, 3.05) is 18.4 Å². The van der Waals surface area contributed by atoms with E-state index in [0.29, 0.717) is 6.54 Å². The highest BCUT2D eigenvalue weighted by molar-refractivity contribution is 7.15. The summed E-state index contributed by atoms with van der Waals surface area (Å²) in [5.41, 5.74) is 1.22. The zero-order valence-corrected chi connectivity index (χ0v) is 14.0. The van der Waals surface area contributed by atoms with Crippen molar-refractivity contribution >= 4 is 34.8 Å². The van der Waals surface area contributed by atoms with E-state index in [1.54, 1.807) is 11.3 Å². The number of amides is 1. The van der Waals surface area contributed by atoms with E-state index >= 15 is 0 Å². The number of fused-ring (bicyclic) bond motifs is 1. The van der Waals surface area contributed by atoms with Crippen LogP contribution < -0.4 is 10.6 Å². The van der Waals surface area contributed by atoms with Gasteiger partial charge in [0.1, 0.15) is 0 Å². The van der Waals surface area contributed by atoms with Crippen molar-refractivity contribution in [3.05, 3.63) is 10.6 Å². The molecule has 0 radical (unpaired) electrons. The van der Waals surface area contributed by atoms with Gasteiger partial charge in [0, 0.05) is 4.88 Å². The number of hydrogen-bond acceptors (Lipinski definition) is 4. The maximum absolute atomic E-state index is 11.9. The molecule has 3 rings (SSSR count). The van der Waals surface area contributed by atoms with Gasteiger partial charge < -0.3 is 10.6 Å². The largest absolute Gasteiger partial charge is 0.308 e. The number of nitrogens with zero attached hydrogens (tertiary/aromatic N) is 1. The molecule has 1 saturated carbocycles. The fourth-order valence-corrected chi connectivity index (χ4v) is 3.70. The van der Waals surface area contributed by atoms with Gasteiger partial charge in [0.2, 0.25) is 5.91 Å². The van der Waals surface area contributed by atoms with Gasteiger partial charge in [-0.1, -0.05) is 12.8 Å². The minimum Gasteiger partial charge on any atom is -0.308 e. The molecule has 0 unspecified atom stereocenters. The van der Waals surface area contributed by atoms with Crippen LogP contribution in [0.25, 0.3) is 0 Å². The predicted molar refractivity (Wildman–Crippen MR) is 89.5 cm³/mol. The van der Waals surface area contributed by atoms with Crippen molar-refractivity contribution in [1.82, 2.24) is 10.3 Å². The third-order valence-corrected chi connectivity index (χ3v) is 5.08. The van der Waals surface area contributed by atoms with Crippen molar-refractivity contribution in [3.8, 4) is 0 Å². The zero-order valence-electron chi connectivity index (χ0n) is 12.3. The minimum absolute atomic E-state index is 0. The average Bonchev–Trinajstić information content (AvgIpc) is 3.14. The minimum atomic E-state index is 0. The SMILES string of the molecule is Cl.O=C(CNCC1CC1)Nc1nc2c(s1)CCCCCC2. The highest BCUT2D eigenvalue weighted by Gasteiger charge is 2.21. The summed E-state index contributed by atoms with van der Waals surface area (Å²) < 4.78 is 0. The topological polar surface area (TPSA) is 54.0 Å². The first-order valence-electron chi connectivity index (χ1n) is 7.80. The maximum Gasteiger partial charge on any atom is 0.240 e. The van der Waals surface area contributed by atoms with Crippen LogP contribution >= 0.6 is 23.7 Å². The molecule has 118 valence electrons. The molecule has 0 atom stereocenters. The molecule has 0 aromatic carbocycles. The van der Waals surface area contributed by atoms with Gasteiger partial charge in [0.05, 0.1) is 12.2 Å². The smallest absolute Gasteiger partial charge is 0.240 e. The van der Waals surface area contributed by atoms with E-state index < -0.39 is 0 Å². The molecule has 1 amide bonds. The fraction of sp³-hybridized carbons (Fsp3) is 0.733. The standard InChI is InChI=1S/C15H23N3OS.ClH/c19-14(10-16-9-11-7-8-11)18-15-17-12-5-3-1-2-4-6-13(12)20-15;/h11,16H,1-10H2,(H,17,18,19);1H. The van der Waals surface area contributed by atoms with Gasteiger partial charge in [-0.05, 0) is 51.0 Å². The Morgan fingerprint density at radius 2 is 1.95 bits per heavy atom. The number of nitrogens with one attached hydrogen (secondary N) is 2. The molecule has 1 fully saturated rings. The molecule has 0 aliphatic heterocycles. The van der Waals surface area contributed by atoms with Crippen LogP contribution in [0.3, 0.4) is 0 Å². The highest BCUT2D eigenvalue weighted by atomic mass is 35.5. The quantitative estimate of drug-likeness (QED) is 0.872. The molecule has 0 spiro atoms. The van der Waals surface area contributed by atoms with Crippen molar-refractivity contribution in [1.29, 1.82) is 0 Å². The van der Waals surface area contributed by atoms with E-state index in [1.807, 2.05) is 0 Å². The number of rotatable bonds is 5. The molecular formula is C15H24ClN3OS. The van der Waals surface area contributed by atoms with E-state index in [4.69, 9.17) is 0 Å². The molecule has 2 aliphatic carbocycles. The number of aryl methyl sites for hydroxylation is 2. The Labute approximate surface area is 136 Å². The molecule has 6 heteroatoms. The second-order valence-corrected chi connectivity index (χ2v) is 7.01. The molecule has 1 aromatic rings. The van der Waals surface area contributed by atoms with Crippen LogP contribution in [0, 0.1) is 5.92 Å². The van der Waals surface area contributed by atoms with Crippen LogP contribution in [-0.4, -0.2) is 24.0 Å². The first kappa shape index (κ1) is 16.7. The van der Waals surface area contributed by atoms with E-state index in [-0.39, 0.29) is 18.3 Å². The first-order chi connectivity index (χ1) is 9.81. The van der Waals surface area contributed by atoms with Crippen molar-refractivity contribution < 1.29 is 4.79 Å². The van der Waals surface area contributed by atoms with Crippen LogP contribution in [0.1, 0.15) is 49.1 Å².